The van der Waals surface area contributed by atoms with Crippen molar-refractivity contribution in [2.75, 3.05) is 19.7 Å². The Balaban J connectivity index is 1.40. The molecule has 6 nitrogen and oxygen atoms in total. The van der Waals surface area contributed by atoms with Crippen molar-refractivity contribution in [2.45, 2.75) is 58.1 Å². The lowest BCUT2D eigenvalue weighted by molar-refractivity contribution is -0.132. The number of benzene rings is 1. The Morgan fingerprint density at radius 3 is 2.97 bits per heavy atom. The number of amides is 1. The predicted molar refractivity (Wildman–Crippen MR) is 111 cm³/mol. The number of aryl methyl sites for hydroxylation is 1. The summed E-state index contributed by atoms with van der Waals surface area (Å²) < 4.78 is 7.68. The maximum atomic E-state index is 11.9. The highest BCUT2D eigenvalue weighted by atomic mass is 16.5. The number of carbonyl (C=O) groups is 1. The standard InChI is InChI=1S/C23H28N4O2/c1-18-15-19(7-6-13-26-12-4-2-9-23(26)28)10-11-21(18)22-17-27(25-24-22)16-20-8-3-5-14-29-20/h10-11,15,17,20H,2-5,8-9,12-14,16H2,1H3. The minimum Gasteiger partial charge on any atom is -0.376 e. The van der Waals surface area contributed by atoms with Gasteiger partial charge in [0.2, 0.25) is 5.91 Å². The molecule has 6 heteroatoms. The summed E-state index contributed by atoms with van der Waals surface area (Å²) >= 11 is 0. The minimum absolute atomic E-state index is 0.221. The lowest BCUT2D eigenvalue weighted by Gasteiger charge is -2.24. The van der Waals surface area contributed by atoms with E-state index in [2.05, 4.69) is 41.2 Å². The summed E-state index contributed by atoms with van der Waals surface area (Å²) in [6, 6.07) is 6.14. The van der Waals surface area contributed by atoms with Crippen LogP contribution in [0.25, 0.3) is 11.3 Å². The van der Waals surface area contributed by atoms with Crippen molar-refractivity contribution in [3.63, 3.8) is 0 Å². The van der Waals surface area contributed by atoms with Gasteiger partial charge < -0.3 is 9.64 Å². The highest BCUT2D eigenvalue weighted by molar-refractivity contribution is 5.77. The Morgan fingerprint density at radius 1 is 1.24 bits per heavy atom. The fraction of sp³-hybridized carbons (Fsp3) is 0.522. The van der Waals surface area contributed by atoms with E-state index in [1.54, 1.807) is 0 Å². The molecule has 0 N–H and O–H groups in total. The molecule has 29 heavy (non-hydrogen) atoms. The molecule has 1 aromatic carbocycles. The van der Waals surface area contributed by atoms with E-state index in [9.17, 15) is 4.79 Å². The number of hydrogen-bond donors (Lipinski definition) is 0. The van der Waals surface area contributed by atoms with Gasteiger partial charge in [-0.1, -0.05) is 23.1 Å². The molecular formula is C23H28N4O2. The fourth-order valence-electron chi connectivity index (χ4n) is 3.97. The van der Waals surface area contributed by atoms with Crippen molar-refractivity contribution < 1.29 is 9.53 Å². The molecule has 2 saturated heterocycles. The van der Waals surface area contributed by atoms with Crippen LogP contribution < -0.4 is 0 Å². The van der Waals surface area contributed by atoms with Crippen LogP contribution in [0.15, 0.2) is 24.4 Å². The molecule has 4 rings (SSSR count). The Bertz CT molecular complexity index is 918. The molecule has 0 spiro atoms. The van der Waals surface area contributed by atoms with E-state index in [1.807, 2.05) is 21.8 Å². The third-order valence-electron chi connectivity index (χ3n) is 5.63. The molecule has 152 valence electrons. The van der Waals surface area contributed by atoms with Crippen molar-refractivity contribution in [3.05, 3.63) is 35.5 Å². The van der Waals surface area contributed by atoms with Crippen molar-refractivity contribution in [1.82, 2.24) is 19.9 Å². The van der Waals surface area contributed by atoms with E-state index in [0.717, 1.165) is 67.8 Å². The highest BCUT2D eigenvalue weighted by Crippen LogP contribution is 2.22. The molecule has 2 fully saturated rings. The predicted octanol–water partition coefficient (Wildman–Crippen LogP) is 3.19. The van der Waals surface area contributed by atoms with Gasteiger partial charge >= 0.3 is 0 Å². The maximum Gasteiger partial charge on any atom is 0.223 e. The number of nitrogens with zero attached hydrogens (tertiary/aromatic N) is 4. The van der Waals surface area contributed by atoms with Crippen LogP contribution >= 0.6 is 0 Å². The van der Waals surface area contributed by atoms with E-state index >= 15 is 0 Å². The second-order valence-corrected chi connectivity index (χ2v) is 7.92. The topological polar surface area (TPSA) is 60.2 Å². The van der Waals surface area contributed by atoms with Crippen LogP contribution in [-0.4, -0.2) is 51.6 Å². The van der Waals surface area contributed by atoms with E-state index in [-0.39, 0.29) is 12.0 Å². The minimum atomic E-state index is 0.221. The summed E-state index contributed by atoms with van der Waals surface area (Å²) in [4.78, 5) is 13.7. The van der Waals surface area contributed by atoms with Gasteiger partial charge in [0.1, 0.15) is 5.69 Å². The summed E-state index contributed by atoms with van der Waals surface area (Å²) in [7, 11) is 0. The van der Waals surface area contributed by atoms with E-state index in [1.165, 1.54) is 6.42 Å². The van der Waals surface area contributed by atoms with Crippen molar-refractivity contribution >= 4 is 5.91 Å². The average molecular weight is 393 g/mol. The zero-order valence-electron chi connectivity index (χ0n) is 17.1. The summed E-state index contributed by atoms with van der Waals surface area (Å²) in [5.41, 5.74) is 4.01. The number of piperidine rings is 1. The van der Waals surface area contributed by atoms with Crippen LogP contribution in [0.1, 0.15) is 49.7 Å². The SMILES string of the molecule is Cc1cc(C#CCN2CCCCC2=O)ccc1-c1cn(CC2CCCCO2)nn1. The Kier molecular flexibility index (Phi) is 6.26. The van der Waals surface area contributed by atoms with E-state index in [0.29, 0.717) is 13.0 Å². The van der Waals surface area contributed by atoms with Crippen LogP contribution in [0.2, 0.25) is 0 Å². The summed E-state index contributed by atoms with van der Waals surface area (Å²) in [6.45, 7) is 5.01. The Hall–Kier alpha value is -2.65. The first kappa shape index (κ1) is 19.7. The van der Waals surface area contributed by atoms with Crippen molar-refractivity contribution in [1.29, 1.82) is 0 Å². The molecule has 0 bridgehead atoms. The molecule has 2 aromatic rings. The molecule has 1 unspecified atom stereocenters. The van der Waals surface area contributed by atoms with Gasteiger partial charge in [0.05, 0.1) is 25.4 Å². The van der Waals surface area contributed by atoms with Gasteiger partial charge in [-0.3, -0.25) is 4.79 Å². The molecule has 1 amide bonds. The molecule has 0 saturated carbocycles. The normalized spacial score (nSPS) is 19.7. The van der Waals surface area contributed by atoms with E-state index in [4.69, 9.17) is 4.74 Å². The van der Waals surface area contributed by atoms with Gasteiger partial charge in [-0.25, -0.2) is 4.68 Å². The van der Waals surface area contributed by atoms with Crippen molar-refractivity contribution in [2.24, 2.45) is 0 Å². The van der Waals surface area contributed by atoms with Gasteiger partial charge in [-0.15, -0.1) is 5.10 Å². The first-order chi connectivity index (χ1) is 14.2. The van der Waals surface area contributed by atoms with Gasteiger partial charge in [-0.05, 0) is 56.7 Å². The number of aromatic nitrogens is 3. The van der Waals surface area contributed by atoms with Crippen molar-refractivity contribution in [3.8, 4) is 23.1 Å². The molecule has 2 aliphatic rings. The molecule has 0 aliphatic carbocycles. The third kappa shape index (κ3) is 5.04. The van der Waals surface area contributed by atoms with Crippen LogP contribution in [0.3, 0.4) is 0 Å². The van der Waals surface area contributed by atoms with Crippen LogP contribution in [-0.2, 0) is 16.1 Å². The lowest BCUT2D eigenvalue weighted by Crippen LogP contribution is -2.35. The largest absolute Gasteiger partial charge is 0.376 e. The van der Waals surface area contributed by atoms with Crippen LogP contribution in [0, 0.1) is 18.8 Å². The second-order valence-electron chi connectivity index (χ2n) is 7.92. The van der Waals surface area contributed by atoms with Gasteiger partial charge in [-0.2, -0.15) is 0 Å². The second kappa shape index (κ2) is 9.23. The van der Waals surface area contributed by atoms with E-state index < -0.39 is 0 Å². The molecule has 1 atom stereocenters. The maximum absolute atomic E-state index is 11.9. The molecule has 2 aliphatic heterocycles. The molecule has 1 aromatic heterocycles. The Labute approximate surface area is 172 Å². The van der Waals surface area contributed by atoms with Crippen LogP contribution in [0.4, 0.5) is 0 Å². The number of hydrogen-bond acceptors (Lipinski definition) is 4. The number of ether oxygens (including phenoxy) is 1. The van der Waals surface area contributed by atoms with Gasteiger partial charge in [0.15, 0.2) is 0 Å². The summed E-state index contributed by atoms with van der Waals surface area (Å²) in [5, 5.41) is 8.63. The van der Waals surface area contributed by atoms with Gasteiger partial charge in [0.25, 0.3) is 0 Å². The smallest absolute Gasteiger partial charge is 0.223 e. The zero-order chi connectivity index (χ0) is 20.1. The molecule has 0 radical (unpaired) electrons. The summed E-state index contributed by atoms with van der Waals surface area (Å²) in [5.74, 6) is 6.56. The van der Waals surface area contributed by atoms with Gasteiger partial charge in [0, 0.05) is 30.7 Å². The fourth-order valence-corrected chi connectivity index (χ4v) is 3.97. The summed E-state index contributed by atoms with van der Waals surface area (Å²) in [6.07, 6.45) is 8.43. The quantitative estimate of drug-likeness (QED) is 0.750. The third-order valence-corrected chi connectivity index (χ3v) is 5.63. The monoisotopic (exact) mass is 392 g/mol. The first-order valence-electron chi connectivity index (χ1n) is 10.6. The number of carbonyl (C=O) groups excluding carboxylic acids is 1. The number of rotatable bonds is 4. The lowest BCUT2D eigenvalue weighted by atomic mass is 10.0. The Morgan fingerprint density at radius 2 is 2.17 bits per heavy atom. The number of likely N-dealkylation sites (tertiary alicyclic amines) is 1. The van der Waals surface area contributed by atoms with Crippen LogP contribution in [0.5, 0.6) is 0 Å². The first-order valence-corrected chi connectivity index (χ1v) is 10.6. The molecule has 3 heterocycles. The molecular weight excluding hydrogens is 364 g/mol. The average Bonchev–Trinajstić information content (AvgIpc) is 3.18. The highest BCUT2D eigenvalue weighted by Gasteiger charge is 2.17. The zero-order valence-corrected chi connectivity index (χ0v) is 17.1.